The summed E-state index contributed by atoms with van der Waals surface area (Å²) in [5.41, 5.74) is 10.6. The molecule has 0 unspecified atom stereocenters. The fourth-order valence-electron chi connectivity index (χ4n) is 7.07. The van der Waals surface area contributed by atoms with Gasteiger partial charge >= 0.3 is 6.18 Å². The first kappa shape index (κ1) is 44.6. The fourth-order valence-corrected chi connectivity index (χ4v) is 7.07. The molecular formula is C53H39F3IrN7-3. The normalized spacial score (nSPS) is 10.8. The molecule has 0 amide bonds. The first-order valence-corrected chi connectivity index (χ1v) is 20.0. The molecule has 10 rings (SSSR count). The van der Waals surface area contributed by atoms with Crippen LogP contribution in [-0.2, 0) is 40.4 Å². The molecular weight excluding hydrogens is 984 g/mol. The maximum atomic E-state index is 12.2. The second-order valence-electron chi connectivity index (χ2n) is 14.2. The molecule has 0 aliphatic heterocycles. The number of para-hydroxylation sites is 2. The number of hydrogen-bond donors (Lipinski definition) is 0. The molecule has 7 nitrogen and oxygen atoms in total. The van der Waals surface area contributed by atoms with E-state index < -0.39 is 11.9 Å². The van der Waals surface area contributed by atoms with Crippen molar-refractivity contribution in [3.05, 3.63) is 231 Å². The fraction of sp³-hybridized carbons (Fsp3) is 0.0566. The Balaban J connectivity index is 0.000000147. The molecule has 1 radical (unpaired) electrons. The minimum absolute atomic E-state index is 0. The molecule has 11 heteroatoms. The van der Waals surface area contributed by atoms with Crippen molar-refractivity contribution in [2.45, 2.75) is 6.18 Å². The van der Waals surface area contributed by atoms with Crippen molar-refractivity contribution in [2.75, 3.05) is 0 Å². The first-order chi connectivity index (χ1) is 30.8. The second-order valence-corrected chi connectivity index (χ2v) is 14.2. The predicted octanol–water partition coefficient (Wildman–Crippen LogP) is 10.6. The number of imidazole rings is 2. The van der Waals surface area contributed by atoms with Gasteiger partial charge in [-0.15, -0.1) is 0 Å². The summed E-state index contributed by atoms with van der Waals surface area (Å²) >= 11 is 0. The predicted molar refractivity (Wildman–Crippen MR) is 237 cm³/mol. The molecule has 6 aromatic carbocycles. The van der Waals surface area contributed by atoms with Crippen molar-refractivity contribution in [3.63, 3.8) is 0 Å². The van der Waals surface area contributed by atoms with Gasteiger partial charge in [-0.05, 0) is 40.5 Å². The molecule has 0 atom stereocenters. The maximum Gasteiger partial charge on any atom is 0.431 e. The Hall–Kier alpha value is -7.46. The van der Waals surface area contributed by atoms with E-state index in [0.29, 0.717) is 5.69 Å². The van der Waals surface area contributed by atoms with Crippen LogP contribution in [0.4, 0.5) is 13.2 Å². The third kappa shape index (κ3) is 10.2. The van der Waals surface area contributed by atoms with Crippen LogP contribution < -0.4 is 14.2 Å². The number of alkyl halides is 3. The molecule has 0 aliphatic rings. The molecule has 0 saturated heterocycles. The zero-order chi connectivity index (χ0) is 43.6. The molecule has 0 spiro atoms. The average molecular weight is 1020 g/mol. The van der Waals surface area contributed by atoms with Gasteiger partial charge in [0, 0.05) is 32.0 Å². The van der Waals surface area contributed by atoms with Gasteiger partial charge in [0.2, 0.25) is 12.7 Å². The van der Waals surface area contributed by atoms with E-state index in [4.69, 9.17) is 0 Å². The average Bonchev–Trinajstić information content (AvgIpc) is 4.08. The molecule has 64 heavy (non-hydrogen) atoms. The summed E-state index contributed by atoms with van der Waals surface area (Å²) in [6.45, 7) is 0. The van der Waals surface area contributed by atoms with Crippen molar-refractivity contribution in [2.24, 2.45) is 14.1 Å². The topological polar surface area (TPSA) is 57.5 Å². The van der Waals surface area contributed by atoms with Crippen LogP contribution in [0, 0.1) is 24.8 Å². The largest absolute Gasteiger partial charge is 0.573 e. The second kappa shape index (κ2) is 20.6. The Bertz CT molecular complexity index is 2810. The Morgan fingerprint density at radius 3 is 1.28 bits per heavy atom. The Labute approximate surface area is 383 Å². The third-order valence-corrected chi connectivity index (χ3v) is 9.88. The Morgan fingerprint density at radius 2 is 0.922 bits per heavy atom. The summed E-state index contributed by atoms with van der Waals surface area (Å²) in [4.78, 5) is 3.87. The zero-order valence-electron chi connectivity index (χ0n) is 34.7. The number of hydrogen-bond acceptors (Lipinski definition) is 2. The monoisotopic (exact) mass is 1020 g/mol. The van der Waals surface area contributed by atoms with Crippen molar-refractivity contribution >= 4 is 0 Å². The van der Waals surface area contributed by atoms with Crippen LogP contribution in [0.2, 0.25) is 0 Å². The van der Waals surface area contributed by atoms with Crippen LogP contribution in [0.1, 0.15) is 5.69 Å². The molecule has 0 N–H and O–H groups in total. The number of halogens is 3. The van der Waals surface area contributed by atoms with Crippen LogP contribution in [-0.4, -0.2) is 19.2 Å². The summed E-state index contributed by atoms with van der Waals surface area (Å²) < 4.78 is 44.9. The van der Waals surface area contributed by atoms with Gasteiger partial charge in [0.15, 0.2) is 0 Å². The van der Waals surface area contributed by atoms with Crippen LogP contribution in [0.3, 0.4) is 0 Å². The minimum atomic E-state index is -4.46. The summed E-state index contributed by atoms with van der Waals surface area (Å²) in [5, 5.41) is 6.47. The van der Waals surface area contributed by atoms with Crippen molar-refractivity contribution in [1.29, 1.82) is 0 Å². The van der Waals surface area contributed by atoms with Crippen LogP contribution in [0.15, 0.2) is 200 Å². The van der Waals surface area contributed by atoms with E-state index in [2.05, 4.69) is 167 Å². The molecule has 4 aromatic heterocycles. The van der Waals surface area contributed by atoms with E-state index in [1.165, 1.54) is 17.3 Å². The number of rotatable bonds is 7. The van der Waals surface area contributed by atoms with E-state index in [1.54, 1.807) is 18.2 Å². The Kier molecular flexibility index (Phi) is 14.4. The number of nitrogens with zero attached hydrogens (tertiary/aromatic N) is 7. The zero-order valence-corrected chi connectivity index (χ0v) is 37.0. The molecule has 0 bridgehead atoms. The molecule has 0 fully saturated rings. The number of aryl methyl sites for hydroxylation is 2. The quantitative estimate of drug-likeness (QED) is 0.118. The van der Waals surface area contributed by atoms with Gasteiger partial charge in [-0.1, -0.05) is 144 Å². The third-order valence-electron chi connectivity index (χ3n) is 9.88. The van der Waals surface area contributed by atoms with E-state index in [1.807, 2.05) is 74.8 Å². The molecule has 319 valence electrons. The van der Waals surface area contributed by atoms with E-state index >= 15 is 0 Å². The summed E-state index contributed by atoms with van der Waals surface area (Å²) in [7, 11) is 4.07. The van der Waals surface area contributed by atoms with Crippen LogP contribution in [0.25, 0.3) is 67.8 Å². The van der Waals surface area contributed by atoms with Crippen molar-refractivity contribution < 1.29 is 42.4 Å². The SMILES string of the molecule is C[n+]1[c-]n(-c2[c-]cccc2)c(-c2ccccc2)c1-c1ccccc1.C[n+]1[c-]n(-c2[c-]cccc2)c(-c2ccccc2)c1-c1ccccc1.FC(F)(F)c1cc(-c2ccccn2)[n-]n1.[Ir]. The van der Waals surface area contributed by atoms with E-state index in [-0.39, 0.29) is 25.8 Å². The van der Waals surface area contributed by atoms with Crippen LogP contribution in [0.5, 0.6) is 0 Å². The number of pyridine rings is 1. The van der Waals surface area contributed by atoms with E-state index in [9.17, 15) is 13.2 Å². The smallest absolute Gasteiger partial charge is 0.431 e. The van der Waals surface area contributed by atoms with E-state index in [0.717, 1.165) is 51.3 Å². The maximum absolute atomic E-state index is 12.2. The van der Waals surface area contributed by atoms with Crippen LogP contribution >= 0.6 is 0 Å². The van der Waals surface area contributed by atoms with Gasteiger partial charge in [0.05, 0.1) is 36.9 Å². The minimum Gasteiger partial charge on any atom is -0.573 e. The summed E-state index contributed by atoms with van der Waals surface area (Å²) in [6.07, 6.45) is 3.88. The summed E-state index contributed by atoms with van der Waals surface area (Å²) in [6, 6.07) is 70.1. The molecule has 10 aromatic rings. The standard InChI is InChI=1S/2C22H17N2.C9H5F3N3.Ir/c2*1-23-17-24(20-15-9-4-10-16-20)22(19-13-7-3-8-14-19)21(23)18-11-5-2-6-12-18;10-9(11,12)8-5-7(14-15-8)6-3-1-2-4-13-6;/h2*2-15H,1H3;1-5H;/q3*-1;. The van der Waals surface area contributed by atoms with Gasteiger partial charge in [0.1, 0.15) is 5.69 Å². The molecule has 0 aliphatic carbocycles. The summed E-state index contributed by atoms with van der Waals surface area (Å²) in [5.74, 6) is 0. The van der Waals surface area contributed by atoms with Gasteiger partial charge in [0.25, 0.3) is 0 Å². The molecule has 0 saturated carbocycles. The number of benzene rings is 6. The van der Waals surface area contributed by atoms with Crippen molar-refractivity contribution in [1.82, 2.24) is 24.3 Å². The Morgan fingerprint density at radius 1 is 0.516 bits per heavy atom. The molecule has 4 heterocycles. The van der Waals surface area contributed by atoms with Gasteiger partial charge in [-0.2, -0.15) is 73.8 Å². The van der Waals surface area contributed by atoms with Gasteiger partial charge in [-0.3, -0.25) is 4.98 Å². The van der Waals surface area contributed by atoms with Crippen molar-refractivity contribution in [3.8, 4) is 67.8 Å². The number of aromatic nitrogens is 7. The van der Waals surface area contributed by atoms with Gasteiger partial charge in [-0.25, -0.2) is 0 Å². The van der Waals surface area contributed by atoms with Gasteiger partial charge < -0.3 is 28.5 Å². The first-order valence-electron chi connectivity index (χ1n) is 20.0.